The summed E-state index contributed by atoms with van der Waals surface area (Å²) in [6, 6.07) is 4.91. The molecular formula is C13H20N2O3. The average molecular weight is 252 g/mol. The number of methoxy groups -OCH3 is 1. The highest BCUT2D eigenvalue weighted by Gasteiger charge is 2.08. The minimum atomic E-state index is -0.335. The van der Waals surface area contributed by atoms with Crippen LogP contribution in [0.2, 0.25) is 0 Å². The van der Waals surface area contributed by atoms with E-state index in [1.807, 2.05) is 0 Å². The standard InChI is InChI=1S/C13H20N2O3/c1-9(16)4-3-7-15-13(17)10-5-6-11(14)12(8-10)18-2/h5-6,8-9,16H,3-4,7,14H2,1-2H3,(H,15,17). The molecule has 1 aromatic carbocycles. The minimum absolute atomic E-state index is 0.168. The summed E-state index contributed by atoms with van der Waals surface area (Å²) in [5, 5.41) is 11.9. The Bertz CT molecular complexity index is 405. The maximum absolute atomic E-state index is 11.8. The number of carbonyl (C=O) groups excluding carboxylic acids is 1. The zero-order valence-electron chi connectivity index (χ0n) is 10.8. The Morgan fingerprint density at radius 3 is 2.89 bits per heavy atom. The number of ether oxygens (including phenoxy) is 1. The van der Waals surface area contributed by atoms with Gasteiger partial charge in [-0.05, 0) is 38.0 Å². The second-order valence-electron chi connectivity index (χ2n) is 4.20. The van der Waals surface area contributed by atoms with E-state index in [4.69, 9.17) is 15.6 Å². The van der Waals surface area contributed by atoms with Crippen molar-refractivity contribution >= 4 is 11.6 Å². The van der Waals surface area contributed by atoms with Crippen LogP contribution in [0.15, 0.2) is 18.2 Å². The monoisotopic (exact) mass is 252 g/mol. The third-order valence-corrected chi connectivity index (χ3v) is 2.58. The van der Waals surface area contributed by atoms with Crippen molar-refractivity contribution in [1.82, 2.24) is 5.32 Å². The first-order valence-corrected chi connectivity index (χ1v) is 5.94. The summed E-state index contributed by atoms with van der Waals surface area (Å²) < 4.78 is 5.05. The predicted molar refractivity (Wildman–Crippen MR) is 70.7 cm³/mol. The van der Waals surface area contributed by atoms with E-state index in [2.05, 4.69) is 5.32 Å². The molecule has 1 aromatic rings. The van der Waals surface area contributed by atoms with E-state index >= 15 is 0 Å². The van der Waals surface area contributed by atoms with Crippen molar-refractivity contribution in [3.8, 4) is 5.75 Å². The maximum Gasteiger partial charge on any atom is 0.251 e. The summed E-state index contributed by atoms with van der Waals surface area (Å²) in [7, 11) is 1.51. The molecule has 0 aromatic heterocycles. The van der Waals surface area contributed by atoms with Crippen molar-refractivity contribution in [2.24, 2.45) is 0 Å². The molecule has 5 heteroatoms. The van der Waals surface area contributed by atoms with Crippen molar-refractivity contribution in [1.29, 1.82) is 0 Å². The lowest BCUT2D eigenvalue weighted by Crippen LogP contribution is -2.25. The predicted octanol–water partition coefficient (Wildman–Crippen LogP) is 1.17. The number of nitrogen functional groups attached to an aromatic ring is 1. The highest BCUT2D eigenvalue weighted by Crippen LogP contribution is 2.21. The molecule has 0 fully saturated rings. The van der Waals surface area contributed by atoms with Gasteiger partial charge in [0, 0.05) is 12.1 Å². The van der Waals surface area contributed by atoms with Crippen LogP contribution in [0.1, 0.15) is 30.1 Å². The lowest BCUT2D eigenvalue weighted by molar-refractivity contribution is 0.0949. The number of hydrogen-bond donors (Lipinski definition) is 3. The quantitative estimate of drug-likeness (QED) is 0.524. The lowest BCUT2D eigenvalue weighted by atomic mass is 10.1. The number of aliphatic hydroxyl groups is 1. The molecule has 1 amide bonds. The van der Waals surface area contributed by atoms with E-state index in [0.717, 1.165) is 6.42 Å². The fourth-order valence-electron chi connectivity index (χ4n) is 1.55. The Kier molecular flexibility index (Phi) is 5.45. The Labute approximate surface area is 107 Å². The van der Waals surface area contributed by atoms with E-state index in [-0.39, 0.29) is 12.0 Å². The molecule has 0 radical (unpaired) electrons. The molecule has 0 aliphatic rings. The Morgan fingerprint density at radius 2 is 2.28 bits per heavy atom. The van der Waals surface area contributed by atoms with Crippen LogP contribution in [0.4, 0.5) is 5.69 Å². The third kappa shape index (κ3) is 4.25. The second kappa shape index (κ2) is 6.86. The van der Waals surface area contributed by atoms with Gasteiger partial charge in [-0.1, -0.05) is 0 Å². The van der Waals surface area contributed by atoms with Crippen molar-refractivity contribution in [2.45, 2.75) is 25.9 Å². The van der Waals surface area contributed by atoms with Gasteiger partial charge in [-0.25, -0.2) is 0 Å². The number of amides is 1. The Morgan fingerprint density at radius 1 is 1.56 bits per heavy atom. The van der Waals surface area contributed by atoms with Gasteiger partial charge in [-0.3, -0.25) is 4.79 Å². The number of nitrogens with two attached hydrogens (primary N) is 1. The topological polar surface area (TPSA) is 84.6 Å². The van der Waals surface area contributed by atoms with Crippen molar-refractivity contribution < 1.29 is 14.6 Å². The normalized spacial score (nSPS) is 11.9. The molecule has 5 nitrogen and oxygen atoms in total. The molecule has 1 rings (SSSR count). The first-order chi connectivity index (χ1) is 8.54. The molecule has 0 saturated carbocycles. The summed E-state index contributed by atoms with van der Waals surface area (Å²) in [6.07, 6.45) is 1.08. The van der Waals surface area contributed by atoms with E-state index in [0.29, 0.717) is 30.0 Å². The molecule has 1 atom stereocenters. The highest BCUT2D eigenvalue weighted by molar-refractivity contribution is 5.95. The molecular weight excluding hydrogens is 232 g/mol. The van der Waals surface area contributed by atoms with Crippen LogP contribution in [-0.4, -0.2) is 30.8 Å². The molecule has 0 spiro atoms. The van der Waals surface area contributed by atoms with Gasteiger partial charge >= 0.3 is 0 Å². The largest absolute Gasteiger partial charge is 0.495 e. The molecule has 4 N–H and O–H groups in total. The van der Waals surface area contributed by atoms with Crippen LogP contribution >= 0.6 is 0 Å². The molecule has 0 bridgehead atoms. The van der Waals surface area contributed by atoms with Gasteiger partial charge in [-0.15, -0.1) is 0 Å². The SMILES string of the molecule is COc1cc(C(=O)NCCCC(C)O)ccc1N. The van der Waals surface area contributed by atoms with Crippen LogP contribution in [0.3, 0.4) is 0 Å². The first-order valence-electron chi connectivity index (χ1n) is 5.94. The summed E-state index contributed by atoms with van der Waals surface area (Å²) >= 11 is 0. The summed E-state index contributed by atoms with van der Waals surface area (Å²) in [5.74, 6) is 0.325. The van der Waals surface area contributed by atoms with Crippen molar-refractivity contribution in [2.75, 3.05) is 19.4 Å². The van der Waals surface area contributed by atoms with Gasteiger partial charge in [0.25, 0.3) is 5.91 Å². The number of rotatable bonds is 6. The van der Waals surface area contributed by atoms with E-state index in [9.17, 15) is 4.79 Å². The van der Waals surface area contributed by atoms with E-state index < -0.39 is 0 Å². The molecule has 0 aliphatic carbocycles. The second-order valence-corrected chi connectivity index (χ2v) is 4.20. The van der Waals surface area contributed by atoms with E-state index in [1.165, 1.54) is 7.11 Å². The molecule has 0 saturated heterocycles. The third-order valence-electron chi connectivity index (χ3n) is 2.58. The molecule has 0 heterocycles. The number of benzene rings is 1. The van der Waals surface area contributed by atoms with Crippen LogP contribution < -0.4 is 15.8 Å². The van der Waals surface area contributed by atoms with E-state index in [1.54, 1.807) is 25.1 Å². The van der Waals surface area contributed by atoms with Gasteiger partial charge in [0.05, 0.1) is 18.9 Å². The molecule has 18 heavy (non-hydrogen) atoms. The zero-order valence-corrected chi connectivity index (χ0v) is 10.8. The minimum Gasteiger partial charge on any atom is -0.495 e. The Balaban J connectivity index is 2.51. The van der Waals surface area contributed by atoms with Crippen molar-refractivity contribution in [3.63, 3.8) is 0 Å². The number of anilines is 1. The van der Waals surface area contributed by atoms with Crippen molar-refractivity contribution in [3.05, 3.63) is 23.8 Å². The van der Waals surface area contributed by atoms with Gasteiger partial charge in [0.2, 0.25) is 0 Å². The molecule has 0 aliphatic heterocycles. The van der Waals surface area contributed by atoms with Gasteiger partial charge in [-0.2, -0.15) is 0 Å². The zero-order chi connectivity index (χ0) is 13.5. The lowest BCUT2D eigenvalue weighted by Gasteiger charge is -2.09. The number of hydrogen-bond acceptors (Lipinski definition) is 4. The number of carbonyl (C=O) groups is 1. The van der Waals surface area contributed by atoms with Crippen LogP contribution in [0.5, 0.6) is 5.75 Å². The smallest absolute Gasteiger partial charge is 0.251 e. The summed E-state index contributed by atoms with van der Waals surface area (Å²) in [6.45, 7) is 2.27. The first kappa shape index (κ1) is 14.3. The van der Waals surface area contributed by atoms with Gasteiger partial charge < -0.3 is 20.9 Å². The fraction of sp³-hybridized carbons (Fsp3) is 0.462. The number of aliphatic hydroxyl groups excluding tert-OH is 1. The van der Waals surface area contributed by atoms with Crippen LogP contribution in [0.25, 0.3) is 0 Å². The van der Waals surface area contributed by atoms with Gasteiger partial charge in [0.1, 0.15) is 5.75 Å². The average Bonchev–Trinajstić information content (AvgIpc) is 2.34. The molecule has 100 valence electrons. The van der Waals surface area contributed by atoms with Crippen LogP contribution in [0, 0.1) is 0 Å². The Hall–Kier alpha value is -1.75. The van der Waals surface area contributed by atoms with Gasteiger partial charge in [0.15, 0.2) is 0 Å². The fourth-order valence-corrected chi connectivity index (χ4v) is 1.55. The molecule has 1 unspecified atom stereocenters. The summed E-state index contributed by atoms with van der Waals surface area (Å²) in [5.41, 5.74) is 6.69. The summed E-state index contributed by atoms with van der Waals surface area (Å²) in [4.78, 5) is 11.8. The highest BCUT2D eigenvalue weighted by atomic mass is 16.5. The maximum atomic E-state index is 11.8. The van der Waals surface area contributed by atoms with Crippen LogP contribution in [-0.2, 0) is 0 Å². The number of nitrogens with one attached hydrogen (secondary N) is 1.